The van der Waals surface area contributed by atoms with Gasteiger partial charge in [0.05, 0.1) is 0 Å². The third-order valence-corrected chi connectivity index (χ3v) is 1.15. The summed E-state index contributed by atoms with van der Waals surface area (Å²) in [5.41, 5.74) is -0.895. The monoisotopic (exact) mass is 181 g/mol. The van der Waals surface area contributed by atoms with Gasteiger partial charge in [-0.2, -0.15) is 13.2 Å². The first-order chi connectivity index (χ1) is 5.38. The molecule has 0 aromatic rings. The van der Waals surface area contributed by atoms with E-state index in [9.17, 15) is 18.0 Å². The molecule has 0 rings (SSSR count). The van der Waals surface area contributed by atoms with Crippen LogP contribution in [0.25, 0.3) is 0 Å². The molecule has 0 spiro atoms. The number of likely N-dealkylation sites (N-methyl/N-ethyl adjacent to an activating group) is 1. The second-order valence-corrected chi connectivity index (χ2v) is 2.22. The highest BCUT2D eigenvalue weighted by molar-refractivity contribution is 5.88. The van der Waals surface area contributed by atoms with Crippen LogP contribution in [0.4, 0.5) is 13.2 Å². The SMILES string of the molecule is CCNC(=O)C=C(C)C(F)(F)F. The third kappa shape index (κ3) is 4.00. The molecule has 5 heteroatoms. The molecular formula is C7H10F3NO. The van der Waals surface area contributed by atoms with Crippen molar-refractivity contribution in [1.82, 2.24) is 5.32 Å². The Morgan fingerprint density at radius 1 is 1.50 bits per heavy atom. The van der Waals surface area contributed by atoms with Crippen LogP contribution >= 0.6 is 0 Å². The molecule has 0 radical (unpaired) electrons. The van der Waals surface area contributed by atoms with E-state index < -0.39 is 17.7 Å². The maximum atomic E-state index is 11.8. The van der Waals surface area contributed by atoms with Gasteiger partial charge in [0.25, 0.3) is 0 Å². The maximum Gasteiger partial charge on any atom is 0.412 e. The molecule has 0 unspecified atom stereocenters. The van der Waals surface area contributed by atoms with Crippen molar-refractivity contribution in [3.05, 3.63) is 11.6 Å². The minimum absolute atomic E-state index is 0.320. The van der Waals surface area contributed by atoms with Crippen LogP contribution in [0.5, 0.6) is 0 Å². The molecule has 0 saturated heterocycles. The average molecular weight is 181 g/mol. The van der Waals surface area contributed by atoms with Crippen molar-refractivity contribution in [3.8, 4) is 0 Å². The minimum atomic E-state index is -4.41. The standard InChI is InChI=1S/C7H10F3NO/c1-3-11-6(12)4-5(2)7(8,9)10/h4H,3H2,1-2H3,(H,11,12). The van der Waals surface area contributed by atoms with Gasteiger partial charge in [0.1, 0.15) is 0 Å². The summed E-state index contributed by atoms with van der Waals surface area (Å²) in [4.78, 5) is 10.6. The van der Waals surface area contributed by atoms with E-state index in [0.717, 1.165) is 6.92 Å². The molecule has 0 bridgehead atoms. The quantitative estimate of drug-likeness (QED) is 0.644. The number of nitrogens with one attached hydrogen (secondary N) is 1. The summed E-state index contributed by atoms with van der Waals surface area (Å²) < 4.78 is 35.4. The molecule has 0 aliphatic rings. The highest BCUT2D eigenvalue weighted by atomic mass is 19.4. The molecular weight excluding hydrogens is 171 g/mol. The second kappa shape index (κ2) is 4.13. The lowest BCUT2D eigenvalue weighted by Gasteiger charge is -2.05. The molecule has 0 aromatic carbocycles. The fourth-order valence-corrected chi connectivity index (χ4v) is 0.504. The Bertz CT molecular complexity index is 195. The molecule has 0 heterocycles. The van der Waals surface area contributed by atoms with E-state index in [1.54, 1.807) is 6.92 Å². The summed E-state index contributed by atoms with van der Waals surface area (Å²) in [6.07, 6.45) is -3.87. The zero-order chi connectivity index (χ0) is 9.78. The van der Waals surface area contributed by atoms with Gasteiger partial charge in [-0.25, -0.2) is 0 Å². The zero-order valence-electron chi connectivity index (χ0n) is 6.83. The van der Waals surface area contributed by atoms with Crippen LogP contribution in [0.2, 0.25) is 0 Å². The zero-order valence-corrected chi connectivity index (χ0v) is 6.83. The first-order valence-electron chi connectivity index (χ1n) is 3.41. The Morgan fingerprint density at radius 2 is 2.00 bits per heavy atom. The van der Waals surface area contributed by atoms with Crippen LogP contribution in [0, 0.1) is 0 Å². The van der Waals surface area contributed by atoms with Gasteiger partial charge in [-0.1, -0.05) is 0 Å². The van der Waals surface area contributed by atoms with E-state index >= 15 is 0 Å². The molecule has 0 aromatic heterocycles. The number of rotatable bonds is 2. The number of allylic oxidation sites excluding steroid dienone is 1. The van der Waals surface area contributed by atoms with Crippen molar-refractivity contribution < 1.29 is 18.0 Å². The fraction of sp³-hybridized carbons (Fsp3) is 0.571. The topological polar surface area (TPSA) is 29.1 Å². The number of hydrogen-bond donors (Lipinski definition) is 1. The van der Waals surface area contributed by atoms with Gasteiger partial charge in [0.2, 0.25) is 5.91 Å². The molecule has 0 saturated carbocycles. The van der Waals surface area contributed by atoms with E-state index in [4.69, 9.17) is 0 Å². The maximum absolute atomic E-state index is 11.8. The molecule has 0 fully saturated rings. The first kappa shape index (κ1) is 11.0. The fourth-order valence-electron chi connectivity index (χ4n) is 0.504. The van der Waals surface area contributed by atoms with Gasteiger partial charge < -0.3 is 5.32 Å². The summed E-state index contributed by atoms with van der Waals surface area (Å²) in [6, 6.07) is 0. The summed E-state index contributed by atoms with van der Waals surface area (Å²) >= 11 is 0. The van der Waals surface area contributed by atoms with Crippen molar-refractivity contribution >= 4 is 5.91 Å². The lowest BCUT2D eigenvalue weighted by atomic mass is 10.2. The Hall–Kier alpha value is -1.00. The molecule has 1 N–H and O–H groups in total. The van der Waals surface area contributed by atoms with E-state index in [-0.39, 0.29) is 0 Å². The van der Waals surface area contributed by atoms with Crippen LogP contribution in [0.1, 0.15) is 13.8 Å². The average Bonchev–Trinajstić information content (AvgIpc) is 1.85. The predicted octanol–water partition coefficient (Wildman–Crippen LogP) is 1.63. The molecule has 0 aliphatic carbocycles. The van der Waals surface area contributed by atoms with Gasteiger partial charge in [-0.05, 0) is 13.8 Å². The number of alkyl halides is 3. The molecule has 2 nitrogen and oxygen atoms in total. The normalized spacial score (nSPS) is 12.9. The molecule has 12 heavy (non-hydrogen) atoms. The lowest BCUT2D eigenvalue weighted by Crippen LogP contribution is -2.22. The van der Waals surface area contributed by atoms with Gasteiger partial charge in [0, 0.05) is 18.2 Å². The largest absolute Gasteiger partial charge is 0.412 e. The summed E-state index contributed by atoms with van der Waals surface area (Å²) in [5.74, 6) is -0.715. The van der Waals surface area contributed by atoms with Gasteiger partial charge in [-0.3, -0.25) is 4.79 Å². The van der Waals surface area contributed by atoms with E-state index in [2.05, 4.69) is 5.32 Å². The van der Waals surface area contributed by atoms with Crippen LogP contribution in [0.3, 0.4) is 0 Å². The van der Waals surface area contributed by atoms with Crippen LogP contribution in [-0.4, -0.2) is 18.6 Å². The van der Waals surface area contributed by atoms with Crippen LogP contribution in [0.15, 0.2) is 11.6 Å². The van der Waals surface area contributed by atoms with E-state index in [0.29, 0.717) is 12.6 Å². The van der Waals surface area contributed by atoms with Gasteiger partial charge >= 0.3 is 6.18 Å². The molecule has 0 atom stereocenters. The molecule has 0 aliphatic heterocycles. The van der Waals surface area contributed by atoms with E-state index in [1.165, 1.54) is 0 Å². The second-order valence-electron chi connectivity index (χ2n) is 2.22. The molecule has 1 amide bonds. The Balaban J connectivity index is 4.26. The van der Waals surface area contributed by atoms with Crippen LogP contribution < -0.4 is 5.32 Å². The number of amides is 1. The Morgan fingerprint density at radius 3 is 2.33 bits per heavy atom. The van der Waals surface area contributed by atoms with Crippen molar-refractivity contribution in [1.29, 1.82) is 0 Å². The lowest BCUT2D eigenvalue weighted by molar-refractivity contribution is -0.118. The van der Waals surface area contributed by atoms with Crippen molar-refractivity contribution in [3.63, 3.8) is 0 Å². The highest BCUT2D eigenvalue weighted by Crippen LogP contribution is 2.24. The van der Waals surface area contributed by atoms with Crippen molar-refractivity contribution in [2.24, 2.45) is 0 Å². The number of hydrogen-bond acceptors (Lipinski definition) is 1. The smallest absolute Gasteiger partial charge is 0.353 e. The minimum Gasteiger partial charge on any atom is -0.353 e. The number of carbonyl (C=O) groups is 1. The van der Waals surface area contributed by atoms with Crippen molar-refractivity contribution in [2.45, 2.75) is 20.0 Å². The third-order valence-electron chi connectivity index (χ3n) is 1.15. The first-order valence-corrected chi connectivity index (χ1v) is 3.41. The Kier molecular flexibility index (Phi) is 3.79. The highest BCUT2D eigenvalue weighted by Gasteiger charge is 2.30. The predicted molar refractivity (Wildman–Crippen MR) is 38.5 cm³/mol. The van der Waals surface area contributed by atoms with Gasteiger partial charge in [0.15, 0.2) is 0 Å². The van der Waals surface area contributed by atoms with E-state index in [1.807, 2.05) is 0 Å². The summed E-state index contributed by atoms with van der Waals surface area (Å²) in [5, 5.41) is 2.23. The molecule has 70 valence electrons. The summed E-state index contributed by atoms with van der Waals surface area (Å²) in [6.45, 7) is 2.81. The number of halogens is 3. The van der Waals surface area contributed by atoms with Crippen molar-refractivity contribution in [2.75, 3.05) is 6.54 Å². The van der Waals surface area contributed by atoms with Crippen LogP contribution in [-0.2, 0) is 4.79 Å². The summed E-state index contributed by atoms with van der Waals surface area (Å²) in [7, 11) is 0. The number of carbonyl (C=O) groups excluding carboxylic acids is 1. The Labute approximate surface area is 68.4 Å². The van der Waals surface area contributed by atoms with Gasteiger partial charge in [-0.15, -0.1) is 0 Å².